The summed E-state index contributed by atoms with van der Waals surface area (Å²) in [6.45, 7) is 9.02. The van der Waals surface area contributed by atoms with Gasteiger partial charge >= 0.3 is 0 Å². The van der Waals surface area contributed by atoms with Crippen LogP contribution in [-0.2, 0) is 23.8 Å². The number of fused-ring (bicyclic) bond motifs is 1. The molecule has 5 aromatic rings. The van der Waals surface area contributed by atoms with Crippen molar-refractivity contribution in [2.45, 2.75) is 13.3 Å². The second-order valence-electron chi connectivity index (χ2n) is 14.3. The highest BCUT2D eigenvalue weighted by molar-refractivity contribution is 6.00. The zero-order valence-corrected chi connectivity index (χ0v) is 34.0. The lowest BCUT2D eigenvalue weighted by molar-refractivity contribution is -0.0207. The Balaban J connectivity index is 0.780. The molecule has 1 amide bonds. The van der Waals surface area contributed by atoms with Crippen LogP contribution < -0.4 is 20.6 Å². The summed E-state index contributed by atoms with van der Waals surface area (Å²) in [6, 6.07) is 12.9. The molecule has 7 rings (SSSR count). The van der Waals surface area contributed by atoms with Gasteiger partial charge in [0, 0.05) is 45.8 Å². The van der Waals surface area contributed by atoms with Crippen LogP contribution in [0.1, 0.15) is 28.2 Å². The molecule has 62 heavy (non-hydrogen) atoms. The summed E-state index contributed by atoms with van der Waals surface area (Å²) in [4.78, 5) is 42.4. The summed E-state index contributed by atoms with van der Waals surface area (Å²) in [5.41, 5.74) is 2.74. The van der Waals surface area contributed by atoms with E-state index in [-0.39, 0.29) is 37.0 Å². The fourth-order valence-electron chi connectivity index (χ4n) is 6.79. The van der Waals surface area contributed by atoms with E-state index in [9.17, 15) is 26.7 Å². The molecule has 4 heterocycles. The first kappa shape index (κ1) is 44.5. The number of rotatable bonds is 20. The molecule has 16 nitrogen and oxygen atoms in total. The van der Waals surface area contributed by atoms with E-state index < -0.39 is 41.3 Å². The average Bonchev–Trinajstić information content (AvgIpc) is 3.68. The average molecular weight is 871 g/mol. The molecule has 0 unspecified atom stereocenters. The van der Waals surface area contributed by atoms with Crippen LogP contribution in [0.4, 0.5) is 45.2 Å². The van der Waals surface area contributed by atoms with E-state index in [0.29, 0.717) is 114 Å². The Morgan fingerprint density at radius 3 is 2.08 bits per heavy atom. The smallest absolute Gasteiger partial charge is 0.296 e. The van der Waals surface area contributed by atoms with E-state index in [2.05, 4.69) is 25.7 Å². The Labute approximate surface area is 353 Å². The number of alkyl halides is 2. The predicted molar refractivity (Wildman–Crippen MR) is 218 cm³/mol. The van der Waals surface area contributed by atoms with Crippen molar-refractivity contribution in [1.82, 2.24) is 34.9 Å². The molecule has 0 spiro atoms. The zero-order chi connectivity index (χ0) is 43.4. The number of carbonyl (C=O) groups is 1. The highest BCUT2D eigenvalue weighted by Gasteiger charge is 2.27. The number of hydrogen-bond acceptors (Lipinski definition) is 14. The Bertz CT molecular complexity index is 2280. The second-order valence-corrected chi connectivity index (χ2v) is 14.3. The minimum absolute atomic E-state index is 0.0423. The van der Waals surface area contributed by atoms with Gasteiger partial charge in [-0.2, -0.15) is 15.0 Å². The van der Waals surface area contributed by atoms with Crippen molar-refractivity contribution in [2.75, 3.05) is 120 Å². The molecule has 0 bridgehead atoms. The standard InChI is InChI=1S/C41H47F5N10O6/c1-27-6-9-31(30(43)26-27)47-35-28(7-8-29(42)34(35)44)38(57)52-62-25-24-61-23-22-60-21-20-59-17-14-53-10-12-54(13-11-53)39-49-40(55-15-18-58-19-16-55)51-41(50-39)56-33-5-3-2-4-32(33)48-37(56)36(45)46/h2-9,26,36,47H,10-25H2,1H3,(H,52,57). The quantitative estimate of drug-likeness (QED) is 0.0614. The molecule has 21 heteroatoms. The number of nitrogens with zero attached hydrogens (tertiary/aromatic N) is 8. The van der Waals surface area contributed by atoms with Crippen LogP contribution in [0.25, 0.3) is 17.0 Å². The molecular formula is C41H47F5N10O6. The summed E-state index contributed by atoms with van der Waals surface area (Å²) in [7, 11) is 0. The van der Waals surface area contributed by atoms with E-state index in [0.717, 1.165) is 12.1 Å². The number of anilines is 4. The van der Waals surface area contributed by atoms with E-state index in [1.807, 2.05) is 9.80 Å². The summed E-state index contributed by atoms with van der Waals surface area (Å²) in [6.07, 6.45) is -2.84. The maximum absolute atomic E-state index is 14.6. The number of halogens is 5. The number of ether oxygens (including phenoxy) is 4. The molecule has 0 atom stereocenters. The normalized spacial score (nSPS) is 14.9. The second kappa shape index (κ2) is 21.5. The molecule has 0 saturated carbocycles. The van der Waals surface area contributed by atoms with Crippen LogP contribution in [0.15, 0.2) is 54.6 Å². The van der Waals surface area contributed by atoms with Crippen LogP contribution >= 0.6 is 0 Å². The fourth-order valence-corrected chi connectivity index (χ4v) is 6.79. The molecule has 332 valence electrons. The maximum Gasteiger partial charge on any atom is 0.296 e. The van der Waals surface area contributed by atoms with Crippen molar-refractivity contribution in [3.05, 3.63) is 89.0 Å². The molecule has 2 aliphatic heterocycles. The number of imidazole rings is 1. The number of amides is 1. The van der Waals surface area contributed by atoms with Crippen LogP contribution in [0.3, 0.4) is 0 Å². The summed E-state index contributed by atoms with van der Waals surface area (Å²) < 4.78 is 95.1. The molecule has 2 N–H and O–H groups in total. The van der Waals surface area contributed by atoms with Gasteiger partial charge < -0.3 is 34.1 Å². The van der Waals surface area contributed by atoms with E-state index in [4.69, 9.17) is 33.8 Å². The van der Waals surface area contributed by atoms with Crippen LogP contribution in [0.5, 0.6) is 0 Å². The number of nitrogens with one attached hydrogen (secondary N) is 2. The van der Waals surface area contributed by atoms with E-state index >= 15 is 0 Å². The summed E-state index contributed by atoms with van der Waals surface area (Å²) in [5.74, 6) is -3.65. The minimum Gasteiger partial charge on any atom is -0.378 e. The number of morpholine rings is 1. The van der Waals surface area contributed by atoms with Crippen LogP contribution in [0.2, 0.25) is 0 Å². The number of aryl methyl sites for hydroxylation is 1. The Hall–Kier alpha value is -5.58. The first-order valence-corrected chi connectivity index (χ1v) is 20.1. The van der Waals surface area contributed by atoms with Crippen molar-refractivity contribution < 1.29 is 50.5 Å². The van der Waals surface area contributed by atoms with Crippen LogP contribution in [-0.4, -0.2) is 141 Å². The minimum atomic E-state index is -2.84. The molecule has 3 aromatic carbocycles. The zero-order valence-electron chi connectivity index (χ0n) is 34.0. The first-order chi connectivity index (χ1) is 30.2. The third-order valence-corrected chi connectivity index (χ3v) is 10.0. The lowest BCUT2D eigenvalue weighted by Gasteiger charge is -2.35. The highest BCUT2D eigenvalue weighted by atomic mass is 19.3. The van der Waals surface area contributed by atoms with Gasteiger partial charge in [0.2, 0.25) is 17.8 Å². The molecule has 2 aliphatic rings. The molecule has 2 aromatic heterocycles. The third kappa shape index (κ3) is 11.3. The molecule has 2 fully saturated rings. The largest absolute Gasteiger partial charge is 0.378 e. The Morgan fingerprint density at radius 2 is 1.39 bits per heavy atom. The Morgan fingerprint density at radius 1 is 0.742 bits per heavy atom. The molecular weight excluding hydrogens is 824 g/mol. The van der Waals surface area contributed by atoms with Gasteiger partial charge in [0.05, 0.1) is 87.4 Å². The van der Waals surface area contributed by atoms with Crippen molar-refractivity contribution in [3.8, 4) is 5.95 Å². The summed E-state index contributed by atoms with van der Waals surface area (Å²) >= 11 is 0. The number of benzene rings is 3. The number of hydrogen-bond donors (Lipinski definition) is 2. The number of carbonyl (C=O) groups excluding carboxylic acids is 1. The van der Waals surface area contributed by atoms with Crippen molar-refractivity contribution in [1.29, 1.82) is 0 Å². The van der Waals surface area contributed by atoms with Gasteiger partial charge in [-0.3, -0.25) is 19.1 Å². The van der Waals surface area contributed by atoms with Gasteiger partial charge in [0.25, 0.3) is 12.3 Å². The number of para-hydroxylation sites is 2. The lowest BCUT2D eigenvalue weighted by Crippen LogP contribution is -2.48. The van der Waals surface area contributed by atoms with E-state index in [1.54, 1.807) is 37.3 Å². The third-order valence-electron chi connectivity index (χ3n) is 10.0. The number of piperazine rings is 1. The number of aromatic nitrogens is 5. The summed E-state index contributed by atoms with van der Waals surface area (Å²) in [5, 5.41) is 2.46. The van der Waals surface area contributed by atoms with Gasteiger partial charge in [0.15, 0.2) is 17.5 Å². The number of hydroxylamine groups is 1. The maximum atomic E-state index is 14.6. The highest BCUT2D eigenvalue weighted by Crippen LogP contribution is 2.30. The van der Waals surface area contributed by atoms with E-state index in [1.165, 1.54) is 16.7 Å². The molecule has 2 saturated heterocycles. The topological polar surface area (TPSA) is 153 Å². The molecule has 0 aliphatic carbocycles. The van der Waals surface area contributed by atoms with Gasteiger partial charge in [-0.15, -0.1) is 0 Å². The fraction of sp³-hybridized carbons (Fsp3) is 0.439. The lowest BCUT2D eigenvalue weighted by atomic mass is 10.1. The van der Waals surface area contributed by atoms with Crippen molar-refractivity contribution in [3.63, 3.8) is 0 Å². The molecule has 0 radical (unpaired) electrons. The predicted octanol–water partition coefficient (Wildman–Crippen LogP) is 4.99. The van der Waals surface area contributed by atoms with Crippen LogP contribution in [0, 0.1) is 24.4 Å². The van der Waals surface area contributed by atoms with Gasteiger partial charge in [-0.25, -0.2) is 32.4 Å². The van der Waals surface area contributed by atoms with Crippen molar-refractivity contribution >= 4 is 40.2 Å². The van der Waals surface area contributed by atoms with Gasteiger partial charge in [-0.05, 0) is 48.9 Å². The SMILES string of the molecule is Cc1ccc(Nc2c(C(=O)NOCCOCCOCCOCCN3CCN(c4nc(N5CCOCC5)nc(-n5c(C(F)F)nc6ccccc65)n4)CC3)ccc(F)c2F)c(F)c1. The first-order valence-electron chi connectivity index (χ1n) is 20.1. The van der Waals surface area contributed by atoms with Crippen molar-refractivity contribution in [2.24, 2.45) is 0 Å². The van der Waals surface area contributed by atoms with Gasteiger partial charge in [0.1, 0.15) is 5.82 Å². The Kier molecular flexibility index (Phi) is 15.4. The van der Waals surface area contributed by atoms with Gasteiger partial charge in [-0.1, -0.05) is 18.2 Å². The monoisotopic (exact) mass is 870 g/mol.